The first-order valence-corrected chi connectivity index (χ1v) is 9.57. The molecule has 150 valence electrons. The molecule has 0 aliphatic carbocycles. The number of hydrogen-bond acceptors (Lipinski definition) is 3. The van der Waals surface area contributed by atoms with E-state index in [4.69, 9.17) is 27.9 Å². The van der Waals surface area contributed by atoms with Gasteiger partial charge in [0.15, 0.2) is 0 Å². The van der Waals surface area contributed by atoms with Gasteiger partial charge in [-0.3, -0.25) is 4.79 Å². The van der Waals surface area contributed by atoms with Crippen LogP contribution in [-0.4, -0.2) is 5.91 Å². The van der Waals surface area contributed by atoms with Crippen LogP contribution >= 0.6 is 23.2 Å². The molecule has 0 bridgehead atoms. The molecule has 4 nitrogen and oxygen atoms in total. The highest BCUT2D eigenvalue weighted by atomic mass is 35.5. The Bertz CT molecular complexity index is 1140. The van der Waals surface area contributed by atoms with Gasteiger partial charge < -0.3 is 10.1 Å². The Morgan fingerprint density at radius 1 is 1.07 bits per heavy atom. The van der Waals surface area contributed by atoms with Crippen molar-refractivity contribution in [2.24, 2.45) is 0 Å². The van der Waals surface area contributed by atoms with Gasteiger partial charge in [0.25, 0.3) is 5.91 Å². The summed E-state index contributed by atoms with van der Waals surface area (Å²) in [6.45, 7) is 0.206. The molecule has 30 heavy (non-hydrogen) atoms. The number of amides is 1. The maximum absolute atomic E-state index is 13.0. The smallest absolute Gasteiger partial charge is 0.266 e. The quantitative estimate of drug-likeness (QED) is 0.363. The van der Waals surface area contributed by atoms with Crippen molar-refractivity contribution < 1.29 is 13.9 Å². The number of para-hydroxylation sites is 1. The fourth-order valence-corrected chi connectivity index (χ4v) is 2.91. The number of benzene rings is 3. The van der Waals surface area contributed by atoms with Crippen molar-refractivity contribution in [1.82, 2.24) is 0 Å². The number of nitrogens with zero attached hydrogens (tertiary/aromatic N) is 1. The van der Waals surface area contributed by atoms with Crippen molar-refractivity contribution >= 4 is 40.9 Å². The van der Waals surface area contributed by atoms with Crippen molar-refractivity contribution in [3.8, 4) is 11.8 Å². The normalized spacial score (nSPS) is 10.9. The highest BCUT2D eigenvalue weighted by Gasteiger charge is 2.14. The molecule has 1 amide bonds. The number of halogens is 3. The number of nitrogens with one attached hydrogen (secondary N) is 1. The highest BCUT2D eigenvalue weighted by Crippen LogP contribution is 2.30. The summed E-state index contributed by atoms with van der Waals surface area (Å²) in [6, 6.07) is 19.6. The Kier molecular flexibility index (Phi) is 7.08. The topological polar surface area (TPSA) is 62.1 Å². The fraction of sp³-hybridized carbons (Fsp3) is 0.0435. The van der Waals surface area contributed by atoms with E-state index in [9.17, 15) is 14.4 Å². The lowest BCUT2D eigenvalue weighted by Crippen LogP contribution is -2.13. The molecule has 0 saturated heterocycles. The molecule has 0 unspecified atom stereocenters. The summed E-state index contributed by atoms with van der Waals surface area (Å²) < 4.78 is 18.8. The number of rotatable bonds is 6. The van der Waals surface area contributed by atoms with Crippen molar-refractivity contribution in [3.05, 3.63) is 99.3 Å². The van der Waals surface area contributed by atoms with Gasteiger partial charge in [-0.2, -0.15) is 5.26 Å². The third-order valence-corrected chi connectivity index (χ3v) is 4.91. The lowest BCUT2D eigenvalue weighted by Gasteiger charge is -2.10. The largest absolute Gasteiger partial charge is 0.488 e. The van der Waals surface area contributed by atoms with E-state index in [0.29, 0.717) is 17.0 Å². The fourth-order valence-electron chi connectivity index (χ4n) is 2.57. The average Bonchev–Trinajstić information content (AvgIpc) is 2.75. The van der Waals surface area contributed by atoms with Crippen LogP contribution in [0.1, 0.15) is 11.1 Å². The third kappa shape index (κ3) is 5.38. The van der Waals surface area contributed by atoms with E-state index < -0.39 is 5.91 Å². The van der Waals surface area contributed by atoms with Gasteiger partial charge in [-0.05, 0) is 42.0 Å². The summed E-state index contributed by atoms with van der Waals surface area (Å²) in [5, 5.41) is 12.5. The van der Waals surface area contributed by atoms with Gasteiger partial charge in [0.05, 0.1) is 15.7 Å². The molecular weight excluding hydrogens is 426 g/mol. The Morgan fingerprint density at radius 2 is 1.80 bits per heavy atom. The molecule has 1 N–H and O–H groups in total. The number of carbonyl (C=O) groups is 1. The van der Waals surface area contributed by atoms with Crippen molar-refractivity contribution in [2.45, 2.75) is 6.61 Å². The zero-order chi connectivity index (χ0) is 21.5. The molecular formula is C23H15Cl2FN2O2. The first-order valence-electron chi connectivity index (χ1n) is 8.81. The zero-order valence-corrected chi connectivity index (χ0v) is 17.0. The van der Waals surface area contributed by atoms with Crippen molar-refractivity contribution in [3.63, 3.8) is 0 Å². The molecule has 0 atom stereocenters. The predicted octanol–water partition coefficient (Wildman–Crippen LogP) is 6.26. The third-order valence-electron chi connectivity index (χ3n) is 4.09. The Hall–Kier alpha value is -3.33. The molecule has 3 rings (SSSR count). The molecule has 0 aliphatic heterocycles. The summed E-state index contributed by atoms with van der Waals surface area (Å²) in [5.74, 6) is -0.482. The van der Waals surface area contributed by atoms with Gasteiger partial charge in [0.2, 0.25) is 0 Å². The van der Waals surface area contributed by atoms with Gasteiger partial charge in [0, 0.05) is 5.56 Å². The van der Waals surface area contributed by atoms with E-state index in [-0.39, 0.29) is 28.0 Å². The minimum Gasteiger partial charge on any atom is -0.488 e. The van der Waals surface area contributed by atoms with Gasteiger partial charge in [0.1, 0.15) is 29.8 Å². The lowest BCUT2D eigenvalue weighted by molar-refractivity contribution is -0.112. The molecule has 3 aromatic carbocycles. The van der Waals surface area contributed by atoms with Crippen LogP contribution in [0.4, 0.5) is 10.1 Å². The first-order chi connectivity index (χ1) is 14.5. The standard InChI is InChI=1S/C23H15Cl2FN2O2/c24-19-5-3-6-20(22(19)25)28-23(29)17(13-27)12-16-4-1-2-7-21(16)30-14-15-8-10-18(26)11-9-15/h1-12H,14H2,(H,28,29)/b17-12-. The van der Waals surface area contributed by atoms with Crippen molar-refractivity contribution in [2.75, 3.05) is 5.32 Å². The van der Waals surface area contributed by atoms with E-state index >= 15 is 0 Å². The Balaban J connectivity index is 1.80. The average molecular weight is 441 g/mol. The number of nitriles is 1. The number of ether oxygens (including phenoxy) is 1. The van der Waals surface area contributed by atoms with E-state index in [1.54, 1.807) is 54.6 Å². The second-order valence-electron chi connectivity index (χ2n) is 6.18. The van der Waals surface area contributed by atoms with Gasteiger partial charge in [-0.15, -0.1) is 0 Å². The second kappa shape index (κ2) is 9.93. The molecule has 0 aliphatic rings. The van der Waals surface area contributed by atoms with Crippen LogP contribution in [0.15, 0.2) is 72.3 Å². The summed E-state index contributed by atoms with van der Waals surface area (Å²) in [5.41, 5.74) is 1.49. The van der Waals surface area contributed by atoms with Crippen LogP contribution in [0.3, 0.4) is 0 Å². The maximum atomic E-state index is 13.0. The van der Waals surface area contributed by atoms with Gasteiger partial charge in [-0.25, -0.2) is 4.39 Å². The minimum absolute atomic E-state index is 0.135. The van der Waals surface area contributed by atoms with E-state index in [1.165, 1.54) is 18.2 Å². The highest BCUT2D eigenvalue weighted by molar-refractivity contribution is 6.44. The molecule has 3 aromatic rings. The lowest BCUT2D eigenvalue weighted by atomic mass is 10.1. The molecule has 0 aromatic heterocycles. The molecule has 0 spiro atoms. The van der Waals surface area contributed by atoms with Crippen LogP contribution in [0, 0.1) is 17.1 Å². The monoisotopic (exact) mass is 440 g/mol. The van der Waals surface area contributed by atoms with E-state index in [2.05, 4.69) is 5.32 Å². The summed E-state index contributed by atoms with van der Waals surface area (Å²) in [6.07, 6.45) is 1.42. The van der Waals surface area contributed by atoms with Crippen LogP contribution in [0.5, 0.6) is 5.75 Å². The SMILES string of the molecule is N#C/C(=C/c1ccccc1OCc1ccc(F)cc1)C(=O)Nc1cccc(Cl)c1Cl. The number of carbonyl (C=O) groups excluding carboxylic acids is 1. The summed E-state index contributed by atoms with van der Waals surface area (Å²) in [4.78, 5) is 12.6. The molecule has 0 saturated carbocycles. The van der Waals surface area contributed by atoms with Crippen LogP contribution in [0.25, 0.3) is 6.08 Å². The van der Waals surface area contributed by atoms with Crippen molar-refractivity contribution in [1.29, 1.82) is 5.26 Å². The van der Waals surface area contributed by atoms with E-state index in [0.717, 1.165) is 5.56 Å². The molecule has 0 heterocycles. The van der Waals surface area contributed by atoms with Crippen LogP contribution < -0.4 is 10.1 Å². The van der Waals surface area contributed by atoms with Gasteiger partial charge >= 0.3 is 0 Å². The zero-order valence-electron chi connectivity index (χ0n) is 15.5. The Morgan fingerprint density at radius 3 is 2.53 bits per heavy atom. The summed E-state index contributed by atoms with van der Waals surface area (Å²) >= 11 is 12.0. The second-order valence-corrected chi connectivity index (χ2v) is 6.96. The summed E-state index contributed by atoms with van der Waals surface area (Å²) in [7, 11) is 0. The number of hydrogen-bond donors (Lipinski definition) is 1. The maximum Gasteiger partial charge on any atom is 0.266 e. The van der Waals surface area contributed by atoms with E-state index in [1.807, 2.05) is 6.07 Å². The molecule has 7 heteroatoms. The minimum atomic E-state index is -0.630. The molecule has 0 fully saturated rings. The van der Waals surface area contributed by atoms with Crippen LogP contribution in [-0.2, 0) is 11.4 Å². The number of anilines is 1. The first kappa shape index (κ1) is 21.4. The molecule has 0 radical (unpaired) electrons. The van der Waals surface area contributed by atoms with Gasteiger partial charge in [-0.1, -0.05) is 59.6 Å². The predicted molar refractivity (Wildman–Crippen MR) is 116 cm³/mol. The van der Waals surface area contributed by atoms with Crippen LogP contribution in [0.2, 0.25) is 10.0 Å². The Labute approximate surface area is 183 Å².